The first kappa shape index (κ1) is 11.7. The zero-order chi connectivity index (χ0) is 13.7. The highest BCUT2D eigenvalue weighted by Crippen LogP contribution is 2.35. The number of imidazole rings is 1. The van der Waals surface area contributed by atoms with Gasteiger partial charge in [-0.1, -0.05) is 11.6 Å². The molecule has 0 N–H and O–H groups in total. The van der Waals surface area contributed by atoms with E-state index in [1.165, 1.54) is 0 Å². The molecule has 0 bridgehead atoms. The summed E-state index contributed by atoms with van der Waals surface area (Å²) < 4.78 is 2.18. The second kappa shape index (κ2) is 4.21. The zero-order valence-corrected chi connectivity index (χ0v) is 11.7. The Labute approximate surface area is 121 Å². The van der Waals surface area contributed by atoms with Gasteiger partial charge in [0.15, 0.2) is 5.65 Å². The summed E-state index contributed by atoms with van der Waals surface area (Å²) in [5, 5.41) is 0.746. The van der Waals surface area contributed by atoms with Gasteiger partial charge in [0, 0.05) is 23.5 Å². The Bertz CT molecular complexity index is 778. The Kier molecular flexibility index (Phi) is 2.47. The average molecular weight is 285 g/mol. The minimum absolute atomic E-state index is 0.352. The molecule has 3 aromatic rings. The maximum Gasteiger partial charge on any atom is 0.212 e. The molecule has 0 saturated carbocycles. The van der Waals surface area contributed by atoms with E-state index in [2.05, 4.69) is 21.4 Å². The second-order valence-corrected chi connectivity index (χ2v) is 5.50. The minimum atomic E-state index is 0.352. The monoisotopic (exact) mass is 284 g/mol. The molecule has 4 rings (SSSR count). The molecule has 0 saturated heterocycles. The van der Waals surface area contributed by atoms with Crippen molar-refractivity contribution in [3.8, 4) is 0 Å². The van der Waals surface area contributed by atoms with Gasteiger partial charge in [0.05, 0.1) is 6.04 Å². The summed E-state index contributed by atoms with van der Waals surface area (Å²) in [4.78, 5) is 11.4. The Morgan fingerprint density at radius 3 is 2.80 bits per heavy atom. The maximum absolute atomic E-state index is 5.97. The van der Waals surface area contributed by atoms with E-state index < -0.39 is 0 Å². The summed E-state index contributed by atoms with van der Waals surface area (Å²) in [6, 6.07) is 12.1. The van der Waals surface area contributed by atoms with Crippen LogP contribution in [0.15, 0.2) is 42.6 Å². The third-order valence-electron chi connectivity index (χ3n) is 3.69. The van der Waals surface area contributed by atoms with E-state index in [-0.39, 0.29) is 0 Å². The van der Waals surface area contributed by atoms with Crippen LogP contribution in [0, 0.1) is 0 Å². The summed E-state index contributed by atoms with van der Waals surface area (Å²) in [5.41, 5.74) is 3.00. The number of fused-ring (bicyclic) bond motifs is 3. The molecule has 0 radical (unpaired) electrons. The van der Waals surface area contributed by atoms with Crippen molar-refractivity contribution in [2.45, 2.75) is 19.5 Å². The van der Waals surface area contributed by atoms with Gasteiger partial charge in [-0.15, -0.1) is 0 Å². The molecule has 0 fully saturated rings. The number of aromatic nitrogens is 3. The highest BCUT2D eigenvalue weighted by molar-refractivity contribution is 6.30. The molecule has 4 nitrogen and oxygen atoms in total. The van der Waals surface area contributed by atoms with Crippen molar-refractivity contribution in [3.63, 3.8) is 0 Å². The zero-order valence-electron chi connectivity index (χ0n) is 11.0. The number of hydrogen-bond donors (Lipinski definition) is 0. The molecule has 0 amide bonds. The molecule has 0 aliphatic carbocycles. The molecule has 2 aromatic heterocycles. The summed E-state index contributed by atoms with van der Waals surface area (Å²) in [6.07, 6.45) is 1.81. The fourth-order valence-electron chi connectivity index (χ4n) is 2.81. The molecular weight excluding hydrogens is 272 g/mol. The molecule has 1 atom stereocenters. The molecule has 100 valence electrons. The van der Waals surface area contributed by atoms with Crippen molar-refractivity contribution in [2.24, 2.45) is 0 Å². The second-order valence-electron chi connectivity index (χ2n) is 5.06. The lowest BCUT2D eigenvalue weighted by molar-refractivity contribution is 0.673. The normalized spacial score (nSPS) is 17.7. The van der Waals surface area contributed by atoms with Crippen molar-refractivity contribution < 1.29 is 0 Å². The van der Waals surface area contributed by atoms with Crippen molar-refractivity contribution in [3.05, 3.63) is 47.6 Å². The smallest absolute Gasteiger partial charge is 0.212 e. The van der Waals surface area contributed by atoms with Crippen LogP contribution in [0.3, 0.4) is 0 Å². The molecule has 3 heterocycles. The number of benzene rings is 1. The largest absolute Gasteiger partial charge is 0.307 e. The van der Waals surface area contributed by atoms with E-state index in [9.17, 15) is 0 Å². The molecule has 20 heavy (non-hydrogen) atoms. The summed E-state index contributed by atoms with van der Waals surface area (Å²) in [6.45, 7) is 3.09. The van der Waals surface area contributed by atoms with E-state index in [4.69, 9.17) is 16.6 Å². The van der Waals surface area contributed by atoms with Gasteiger partial charge < -0.3 is 4.90 Å². The fraction of sp³-hybridized carbons (Fsp3) is 0.200. The van der Waals surface area contributed by atoms with Crippen LogP contribution in [-0.2, 0) is 6.54 Å². The van der Waals surface area contributed by atoms with Crippen molar-refractivity contribution >= 4 is 34.4 Å². The topological polar surface area (TPSA) is 34.0 Å². The molecular formula is C15H13ClN4. The first-order valence-electron chi connectivity index (χ1n) is 6.60. The highest BCUT2D eigenvalue weighted by Gasteiger charge is 2.30. The fourth-order valence-corrected chi connectivity index (χ4v) is 2.94. The number of anilines is 2. The van der Waals surface area contributed by atoms with Crippen LogP contribution < -0.4 is 4.90 Å². The van der Waals surface area contributed by atoms with Gasteiger partial charge in [-0.05, 0) is 43.3 Å². The van der Waals surface area contributed by atoms with Crippen LogP contribution in [-0.4, -0.2) is 20.6 Å². The minimum Gasteiger partial charge on any atom is -0.307 e. The third kappa shape index (κ3) is 1.61. The van der Waals surface area contributed by atoms with E-state index >= 15 is 0 Å². The standard InChI is InChI=1S/C15H13ClN4/c1-10-9-19-14-13(3-2-8-17-14)18-15(19)20(10)12-6-4-11(16)5-7-12/h2-8,10H,9H2,1H3. The Balaban J connectivity index is 1.89. The summed E-state index contributed by atoms with van der Waals surface area (Å²) >= 11 is 5.97. The van der Waals surface area contributed by atoms with Gasteiger partial charge in [-0.2, -0.15) is 0 Å². The predicted molar refractivity (Wildman–Crippen MR) is 80.6 cm³/mol. The number of hydrogen-bond acceptors (Lipinski definition) is 3. The lowest BCUT2D eigenvalue weighted by Gasteiger charge is -2.21. The van der Waals surface area contributed by atoms with Gasteiger partial charge >= 0.3 is 0 Å². The Hall–Kier alpha value is -2.07. The van der Waals surface area contributed by atoms with Crippen molar-refractivity contribution in [1.29, 1.82) is 0 Å². The third-order valence-corrected chi connectivity index (χ3v) is 3.94. The molecule has 0 spiro atoms. The van der Waals surface area contributed by atoms with E-state index in [0.29, 0.717) is 6.04 Å². The molecule has 5 heteroatoms. The van der Waals surface area contributed by atoms with Crippen LogP contribution in [0.4, 0.5) is 11.6 Å². The molecule has 1 aliphatic rings. The van der Waals surface area contributed by atoms with Gasteiger partial charge in [0.2, 0.25) is 5.95 Å². The maximum atomic E-state index is 5.97. The summed E-state index contributed by atoms with van der Waals surface area (Å²) in [7, 11) is 0. The van der Waals surface area contributed by atoms with Gasteiger partial charge in [-0.3, -0.25) is 4.57 Å². The van der Waals surface area contributed by atoms with E-state index in [0.717, 1.165) is 34.4 Å². The summed E-state index contributed by atoms with van der Waals surface area (Å²) in [5.74, 6) is 0.952. The number of nitrogens with zero attached hydrogens (tertiary/aromatic N) is 4. The van der Waals surface area contributed by atoms with Gasteiger partial charge in [0.25, 0.3) is 0 Å². The molecule has 1 aromatic carbocycles. The van der Waals surface area contributed by atoms with Gasteiger partial charge in [-0.25, -0.2) is 9.97 Å². The first-order chi connectivity index (χ1) is 9.74. The van der Waals surface area contributed by atoms with Gasteiger partial charge in [0.1, 0.15) is 5.52 Å². The lowest BCUT2D eigenvalue weighted by Crippen LogP contribution is -2.24. The van der Waals surface area contributed by atoms with Crippen LogP contribution >= 0.6 is 11.6 Å². The van der Waals surface area contributed by atoms with E-state index in [1.54, 1.807) is 0 Å². The van der Waals surface area contributed by atoms with E-state index in [1.807, 2.05) is 42.6 Å². The number of pyridine rings is 1. The Morgan fingerprint density at radius 2 is 2.00 bits per heavy atom. The molecule has 1 unspecified atom stereocenters. The lowest BCUT2D eigenvalue weighted by atomic mass is 10.2. The highest BCUT2D eigenvalue weighted by atomic mass is 35.5. The number of halogens is 1. The first-order valence-corrected chi connectivity index (χ1v) is 6.98. The van der Waals surface area contributed by atoms with Crippen LogP contribution in [0.1, 0.15) is 6.92 Å². The molecule has 1 aliphatic heterocycles. The predicted octanol–water partition coefficient (Wildman–Crippen LogP) is 3.62. The van der Waals surface area contributed by atoms with Crippen LogP contribution in [0.2, 0.25) is 5.02 Å². The van der Waals surface area contributed by atoms with Crippen molar-refractivity contribution in [1.82, 2.24) is 14.5 Å². The van der Waals surface area contributed by atoms with Crippen molar-refractivity contribution in [2.75, 3.05) is 4.90 Å². The van der Waals surface area contributed by atoms with Crippen LogP contribution in [0.5, 0.6) is 0 Å². The average Bonchev–Trinajstić information content (AvgIpc) is 2.95. The van der Waals surface area contributed by atoms with Crippen LogP contribution in [0.25, 0.3) is 11.2 Å². The SMILES string of the molecule is CC1Cn2c(nc3cccnc32)N1c1ccc(Cl)cc1. The number of rotatable bonds is 1. The Morgan fingerprint density at radius 1 is 1.20 bits per heavy atom. The quantitative estimate of drug-likeness (QED) is 0.684.